The highest BCUT2D eigenvalue weighted by atomic mass is 16.7. The zero-order valence-corrected chi connectivity index (χ0v) is 16.6. The third kappa shape index (κ3) is 2.93. The summed E-state index contributed by atoms with van der Waals surface area (Å²) in [6.45, 7) is 2.73. The van der Waals surface area contributed by atoms with E-state index in [4.69, 9.17) is 9.57 Å². The minimum Gasteiger partial charge on any atom is -0.478 e. The van der Waals surface area contributed by atoms with E-state index < -0.39 is 11.6 Å². The number of rotatable bonds is 4. The highest BCUT2D eigenvalue weighted by Gasteiger charge is 2.47. The first-order valence-corrected chi connectivity index (χ1v) is 10.0. The highest BCUT2D eigenvalue weighted by Crippen LogP contribution is 2.44. The van der Waals surface area contributed by atoms with Gasteiger partial charge in [-0.1, -0.05) is 53.7 Å². The first kappa shape index (κ1) is 18.7. The largest absolute Gasteiger partial charge is 0.478 e. The van der Waals surface area contributed by atoms with E-state index in [1.54, 1.807) is 4.90 Å². The molecule has 2 aromatic rings. The number of ether oxygens (including phenoxy) is 1. The Hall–Kier alpha value is -3.35. The van der Waals surface area contributed by atoms with Gasteiger partial charge in [-0.15, -0.1) is 0 Å². The van der Waals surface area contributed by atoms with Gasteiger partial charge in [-0.25, -0.2) is 9.59 Å². The molecule has 1 unspecified atom stereocenters. The number of hydrogen-bond acceptors (Lipinski definition) is 5. The Morgan fingerprint density at radius 1 is 1.13 bits per heavy atom. The van der Waals surface area contributed by atoms with Crippen LogP contribution in [0.25, 0.3) is 11.1 Å². The molecule has 3 aliphatic rings. The maximum atomic E-state index is 12.5. The number of oxime groups is 1. The first-order chi connectivity index (χ1) is 14.5. The molecular formula is C23H22N2O5. The van der Waals surface area contributed by atoms with Crippen LogP contribution in [-0.4, -0.2) is 53.1 Å². The lowest BCUT2D eigenvalue weighted by molar-refractivity contribution is -0.160. The van der Waals surface area contributed by atoms with Crippen LogP contribution in [0.1, 0.15) is 30.4 Å². The van der Waals surface area contributed by atoms with E-state index in [0.717, 1.165) is 0 Å². The van der Waals surface area contributed by atoms with E-state index in [-0.39, 0.29) is 31.0 Å². The van der Waals surface area contributed by atoms with Gasteiger partial charge in [0.2, 0.25) is 5.60 Å². The Morgan fingerprint density at radius 3 is 2.30 bits per heavy atom. The number of benzene rings is 2. The molecule has 1 amide bonds. The predicted molar refractivity (Wildman–Crippen MR) is 109 cm³/mol. The van der Waals surface area contributed by atoms with E-state index >= 15 is 0 Å². The molecule has 1 fully saturated rings. The quantitative estimate of drug-likeness (QED) is 0.840. The predicted octanol–water partition coefficient (Wildman–Crippen LogP) is 3.49. The zero-order chi connectivity index (χ0) is 20.9. The van der Waals surface area contributed by atoms with Gasteiger partial charge < -0.3 is 19.6 Å². The second-order valence-electron chi connectivity index (χ2n) is 8.29. The van der Waals surface area contributed by atoms with Crippen LogP contribution in [-0.2, 0) is 14.4 Å². The van der Waals surface area contributed by atoms with Crippen LogP contribution in [0.15, 0.2) is 53.7 Å². The average molecular weight is 406 g/mol. The molecule has 1 saturated heterocycles. The van der Waals surface area contributed by atoms with Crippen LogP contribution in [0.3, 0.4) is 0 Å². The molecule has 0 aromatic heterocycles. The number of carboxylic acids is 1. The van der Waals surface area contributed by atoms with Gasteiger partial charge in [-0.05, 0) is 29.2 Å². The molecule has 0 saturated carbocycles. The highest BCUT2D eigenvalue weighted by molar-refractivity contribution is 5.95. The lowest BCUT2D eigenvalue weighted by Crippen LogP contribution is -2.53. The number of fused-ring (bicyclic) bond motifs is 3. The van der Waals surface area contributed by atoms with E-state index in [9.17, 15) is 14.7 Å². The van der Waals surface area contributed by atoms with Crippen molar-refractivity contribution in [1.82, 2.24) is 4.90 Å². The number of carbonyl (C=O) groups excluding carboxylic acids is 1. The molecule has 1 N–H and O–H groups in total. The van der Waals surface area contributed by atoms with Gasteiger partial charge in [0.05, 0.1) is 5.71 Å². The number of likely N-dealkylation sites (tertiary alicyclic amines) is 1. The van der Waals surface area contributed by atoms with Crippen LogP contribution in [0.5, 0.6) is 0 Å². The molecule has 7 nitrogen and oxygen atoms in total. The lowest BCUT2D eigenvalue weighted by atomic mass is 9.88. The number of carbonyl (C=O) groups is 2. The minimum absolute atomic E-state index is 0.0201. The smallest absolute Gasteiger partial charge is 0.409 e. The maximum Gasteiger partial charge on any atom is 0.409 e. The molecule has 154 valence electrons. The Kier molecular flexibility index (Phi) is 4.27. The maximum absolute atomic E-state index is 12.5. The summed E-state index contributed by atoms with van der Waals surface area (Å²) >= 11 is 0. The zero-order valence-electron chi connectivity index (χ0n) is 16.6. The van der Waals surface area contributed by atoms with Crippen LogP contribution >= 0.6 is 0 Å². The summed E-state index contributed by atoms with van der Waals surface area (Å²) in [7, 11) is 0. The molecule has 1 atom stereocenters. The minimum atomic E-state index is -1.31. The van der Waals surface area contributed by atoms with Crippen molar-refractivity contribution in [2.45, 2.75) is 24.9 Å². The molecule has 0 bridgehead atoms. The van der Waals surface area contributed by atoms with Crippen molar-refractivity contribution in [3.63, 3.8) is 0 Å². The molecule has 2 aromatic carbocycles. The summed E-state index contributed by atoms with van der Waals surface area (Å²) in [4.78, 5) is 30.5. The van der Waals surface area contributed by atoms with Crippen LogP contribution in [0, 0.1) is 5.92 Å². The van der Waals surface area contributed by atoms with Crippen molar-refractivity contribution in [3.8, 4) is 11.1 Å². The molecule has 2 heterocycles. The van der Waals surface area contributed by atoms with Crippen LogP contribution in [0.2, 0.25) is 0 Å². The van der Waals surface area contributed by atoms with E-state index in [2.05, 4.69) is 29.4 Å². The fraction of sp³-hybridized carbons (Fsp3) is 0.348. The molecule has 0 radical (unpaired) electrons. The van der Waals surface area contributed by atoms with Crippen LogP contribution < -0.4 is 0 Å². The third-order valence-corrected chi connectivity index (χ3v) is 6.28. The summed E-state index contributed by atoms with van der Waals surface area (Å²) in [6.07, 6.45) is -0.112. The van der Waals surface area contributed by atoms with Gasteiger partial charge >= 0.3 is 12.1 Å². The van der Waals surface area contributed by atoms with Gasteiger partial charge in [0.15, 0.2) is 0 Å². The monoisotopic (exact) mass is 406 g/mol. The Balaban J connectivity index is 1.19. The molecule has 2 aliphatic heterocycles. The van der Waals surface area contributed by atoms with Gasteiger partial charge in [-0.2, -0.15) is 0 Å². The van der Waals surface area contributed by atoms with Gasteiger partial charge in [0.1, 0.15) is 6.61 Å². The topological polar surface area (TPSA) is 88.4 Å². The molecular weight excluding hydrogens is 384 g/mol. The van der Waals surface area contributed by atoms with E-state index in [0.29, 0.717) is 18.8 Å². The van der Waals surface area contributed by atoms with Crippen molar-refractivity contribution < 1.29 is 24.3 Å². The lowest BCUT2D eigenvalue weighted by Gasteiger charge is -2.38. The van der Waals surface area contributed by atoms with Crippen molar-refractivity contribution in [2.75, 3.05) is 19.7 Å². The van der Waals surface area contributed by atoms with Gasteiger partial charge in [-0.3, -0.25) is 0 Å². The van der Waals surface area contributed by atoms with Crippen molar-refractivity contribution >= 4 is 17.8 Å². The molecule has 7 heteroatoms. The molecule has 5 rings (SSSR count). The number of amides is 1. The van der Waals surface area contributed by atoms with E-state index in [1.807, 2.05) is 24.3 Å². The number of carboxylic acid groups (broad SMARTS) is 1. The SMILES string of the molecule is CC1(C(=O)O)CC(C2CN(C(=O)OCC3c4ccccc4-c4ccccc43)C2)=NO1. The van der Waals surface area contributed by atoms with E-state index in [1.165, 1.54) is 29.2 Å². The Labute approximate surface area is 173 Å². The molecule has 1 aliphatic carbocycles. The van der Waals surface area contributed by atoms with Crippen LogP contribution in [0.4, 0.5) is 4.79 Å². The van der Waals surface area contributed by atoms with Crippen molar-refractivity contribution in [2.24, 2.45) is 11.1 Å². The standard InChI is InChI=1S/C23H22N2O5/c1-23(21(26)27)10-20(24-30-23)14-11-25(12-14)22(28)29-13-19-17-8-4-2-6-15(17)16-7-3-5-9-18(16)19/h2-9,14,19H,10-13H2,1H3,(H,26,27). The summed E-state index contributed by atoms with van der Waals surface area (Å²) in [5, 5.41) is 13.2. The first-order valence-electron chi connectivity index (χ1n) is 10.0. The van der Waals surface area contributed by atoms with Crippen molar-refractivity contribution in [1.29, 1.82) is 0 Å². The van der Waals surface area contributed by atoms with Crippen molar-refractivity contribution in [3.05, 3.63) is 59.7 Å². The number of hydrogen-bond donors (Lipinski definition) is 1. The summed E-state index contributed by atoms with van der Waals surface area (Å²) < 4.78 is 5.66. The average Bonchev–Trinajstić information content (AvgIpc) is 3.25. The number of nitrogens with zero attached hydrogens (tertiary/aromatic N) is 2. The summed E-state index contributed by atoms with van der Waals surface area (Å²) in [5.74, 6) is -0.983. The van der Waals surface area contributed by atoms with Gasteiger partial charge in [0.25, 0.3) is 0 Å². The fourth-order valence-electron chi connectivity index (χ4n) is 4.43. The number of aliphatic carboxylic acids is 1. The Bertz CT molecular complexity index is 1010. The normalized spacial score (nSPS) is 22.6. The second kappa shape index (κ2) is 6.86. The summed E-state index contributed by atoms with van der Waals surface area (Å²) in [6, 6.07) is 16.4. The summed E-state index contributed by atoms with van der Waals surface area (Å²) in [5.41, 5.74) is 4.14. The second-order valence-corrected chi connectivity index (χ2v) is 8.29. The fourth-order valence-corrected chi connectivity index (χ4v) is 4.43. The Morgan fingerprint density at radius 2 is 1.73 bits per heavy atom. The van der Waals surface area contributed by atoms with Gasteiger partial charge in [0, 0.05) is 31.3 Å². The molecule has 30 heavy (non-hydrogen) atoms. The third-order valence-electron chi connectivity index (χ3n) is 6.28. The molecule has 0 spiro atoms.